The number of aryl methyl sites for hydroxylation is 1. The van der Waals surface area contributed by atoms with E-state index in [0.29, 0.717) is 19.1 Å². The molecule has 1 aromatic heterocycles. The molecule has 0 bridgehead atoms. The summed E-state index contributed by atoms with van der Waals surface area (Å²) in [4.78, 5) is 6.80. The van der Waals surface area contributed by atoms with Crippen molar-refractivity contribution in [3.05, 3.63) is 47.5 Å². The van der Waals surface area contributed by atoms with E-state index in [-0.39, 0.29) is 24.0 Å². The van der Waals surface area contributed by atoms with E-state index in [1.165, 1.54) is 18.4 Å². The van der Waals surface area contributed by atoms with Crippen molar-refractivity contribution in [2.75, 3.05) is 26.7 Å². The fraction of sp³-hybridized carbons (Fsp3) is 0.571. The van der Waals surface area contributed by atoms with Crippen LogP contribution in [0.1, 0.15) is 36.5 Å². The van der Waals surface area contributed by atoms with Crippen LogP contribution in [0.2, 0.25) is 0 Å². The molecular formula is C21H31IN6O. The van der Waals surface area contributed by atoms with E-state index in [4.69, 9.17) is 4.74 Å². The fourth-order valence-corrected chi connectivity index (χ4v) is 4.07. The van der Waals surface area contributed by atoms with E-state index in [0.717, 1.165) is 56.7 Å². The highest BCUT2D eigenvalue weighted by Crippen LogP contribution is 2.18. The number of benzene rings is 1. The number of ether oxygens (including phenoxy) is 1. The summed E-state index contributed by atoms with van der Waals surface area (Å²) in [7, 11) is 1.85. The van der Waals surface area contributed by atoms with Crippen LogP contribution in [0.3, 0.4) is 0 Å². The smallest absolute Gasteiger partial charge is 0.194 e. The van der Waals surface area contributed by atoms with Crippen molar-refractivity contribution >= 4 is 29.9 Å². The molecule has 29 heavy (non-hydrogen) atoms. The molecule has 2 aromatic rings. The summed E-state index contributed by atoms with van der Waals surface area (Å²) >= 11 is 0. The van der Waals surface area contributed by atoms with Crippen LogP contribution in [-0.2, 0) is 30.9 Å². The van der Waals surface area contributed by atoms with Crippen LogP contribution in [-0.4, -0.2) is 52.4 Å². The maximum absolute atomic E-state index is 5.94. The van der Waals surface area contributed by atoms with Crippen molar-refractivity contribution in [3.8, 4) is 0 Å². The number of aromatic nitrogens is 3. The second-order valence-electron chi connectivity index (χ2n) is 7.64. The maximum atomic E-state index is 5.94. The van der Waals surface area contributed by atoms with Gasteiger partial charge in [-0.3, -0.25) is 4.99 Å². The first-order chi connectivity index (χ1) is 13.8. The highest BCUT2D eigenvalue weighted by molar-refractivity contribution is 14.0. The highest BCUT2D eigenvalue weighted by Gasteiger charge is 2.25. The molecule has 7 nitrogen and oxygen atoms in total. The molecular weight excluding hydrogens is 479 g/mol. The Morgan fingerprint density at radius 2 is 2.07 bits per heavy atom. The van der Waals surface area contributed by atoms with E-state index in [1.54, 1.807) is 0 Å². The lowest BCUT2D eigenvalue weighted by atomic mass is 10.1. The Labute approximate surface area is 190 Å². The van der Waals surface area contributed by atoms with E-state index in [2.05, 4.69) is 54.2 Å². The van der Waals surface area contributed by atoms with Gasteiger partial charge in [0.15, 0.2) is 11.8 Å². The number of hydrogen-bond donors (Lipinski definition) is 1. The van der Waals surface area contributed by atoms with Gasteiger partial charge in [-0.05, 0) is 24.8 Å². The number of fused-ring (bicyclic) bond motifs is 1. The summed E-state index contributed by atoms with van der Waals surface area (Å²) in [5.41, 5.74) is 1.23. The van der Waals surface area contributed by atoms with Crippen LogP contribution < -0.4 is 5.32 Å². The van der Waals surface area contributed by atoms with Crippen molar-refractivity contribution in [3.63, 3.8) is 0 Å². The predicted octanol–water partition coefficient (Wildman–Crippen LogP) is 2.85. The lowest BCUT2D eigenvalue weighted by Crippen LogP contribution is -2.40. The summed E-state index contributed by atoms with van der Waals surface area (Å²) < 4.78 is 8.20. The first kappa shape index (κ1) is 22.0. The van der Waals surface area contributed by atoms with Crippen molar-refractivity contribution in [2.24, 2.45) is 10.9 Å². The molecule has 0 radical (unpaired) electrons. The van der Waals surface area contributed by atoms with Gasteiger partial charge in [-0.1, -0.05) is 30.3 Å². The van der Waals surface area contributed by atoms with Crippen molar-refractivity contribution in [1.29, 1.82) is 0 Å². The van der Waals surface area contributed by atoms with Crippen LogP contribution in [0.25, 0.3) is 0 Å². The van der Waals surface area contributed by atoms with Crippen LogP contribution in [0.4, 0.5) is 0 Å². The summed E-state index contributed by atoms with van der Waals surface area (Å²) in [6.07, 6.45) is 4.60. The molecule has 0 aliphatic carbocycles. The molecule has 0 spiro atoms. The second kappa shape index (κ2) is 10.9. The molecule has 3 heterocycles. The van der Waals surface area contributed by atoms with Crippen LogP contribution in [0.5, 0.6) is 0 Å². The van der Waals surface area contributed by atoms with Crippen molar-refractivity contribution in [2.45, 2.75) is 45.4 Å². The Hall–Kier alpha value is -1.68. The lowest BCUT2D eigenvalue weighted by molar-refractivity contribution is 0.0906. The van der Waals surface area contributed by atoms with E-state index in [1.807, 2.05) is 13.1 Å². The third kappa shape index (κ3) is 5.69. The van der Waals surface area contributed by atoms with Gasteiger partial charge in [0.25, 0.3) is 0 Å². The van der Waals surface area contributed by atoms with Crippen molar-refractivity contribution < 1.29 is 4.74 Å². The van der Waals surface area contributed by atoms with E-state index in [9.17, 15) is 0 Å². The van der Waals surface area contributed by atoms with Crippen molar-refractivity contribution in [1.82, 2.24) is 25.0 Å². The number of aliphatic imine (C=N–C) groups is 1. The normalized spacial score (nSPS) is 19.0. The molecule has 1 aromatic carbocycles. The summed E-state index contributed by atoms with van der Waals surface area (Å²) in [5, 5.41) is 12.2. The van der Waals surface area contributed by atoms with Crippen LogP contribution >= 0.6 is 24.0 Å². The molecule has 0 saturated carbocycles. The Morgan fingerprint density at radius 3 is 2.90 bits per heavy atom. The highest BCUT2D eigenvalue weighted by atomic mass is 127. The standard InChI is InChI=1S/C21H30N6O.HI/c1-22-21(23-13-20-25-24-19-9-5-6-11-27(19)20)26-12-10-18(14-26)16-28-15-17-7-3-2-4-8-17;/h2-4,7-8,18H,5-6,9-16H2,1H3,(H,22,23);1H. The molecule has 1 unspecified atom stereocenters. The van der Waals surface area contributed by atoms with E-state index < -0.39 is 0 Å². The van der Waals surface area contributed by atoms with Crippen LogP contribution in [0.15, 0.2) is 35.3 Å². The summed E-state index contributed by atoms with van der Waals surface area (Å²) in [6, 6.07) is 10.4. The SMILES string of the molecule is CN=C(NCc1nnc2n1CCCC2)N1CCC(COCc2ccccc2)C1.I. The topological polar surface area (TPSA) is 67.6 Å². The zero-order valence-electron chi connectivity index (χ0n) is 17.1. The zero-order chi connectivity index (χ0) is 19.2. The third-order valence-corrected chi connectivity index (χ3v) is 5.60. The van der Waals surface area contributed by atoms with Gasteiger partial charge < -0.3 is 19.5 Å². The van der Waals surface area contributed by atoms with Gasteiger partial charge >= 0.3 is 0 Å². The third-order valence-electron chi connectivity index (χ3n) is 5.60. The number of hydrogen-bond acceptors (Lipinski definition) is 4. The minimum atomic E-state index is 0. The monoisotopic (exact) mass is 510 g/mol. The summed E-state index contributed by atoms with van der Waals surface area (Å²) in [6.45, 7) is 5.17. The van der Waals surface area contributed by atoms with Gasteiger partial charge in [0.1, 0.15) is 5.82 Å². The molecule has 1 N–H and O–H groups in total. The number of guanidine groups is 1. The number of nitrogens with zero attached hydrogens (tertiary/aromatic N) is 5. The Kier molecular flexibility index (Phi) is 8.29. The number of likely N-dealkylation sites (tertiary alicyclic amines) is 1. The second-order valence-corrected chi connectivity index (χ2v) is 7.64. The molecule has 4 rings (SSSR count). The average Bonchev–Trinajstić information content (AvgIpc) is 3.37. The molecule has 8 heteroatoms. The zero-order valence-corrected chi connectivity index (χ0v) is 19.4. The number of rotatable bonds is 6. The first-order valence-corrected chi connectivity index (χ1v) is 10.3. The summed E-state index contributed by atoms with van der Waals surface area (Å²) in [5.74, 6) is 3.62. The Morgan fingerprint density at radius 1 is 1.21 bits per heavy atom. The molecule has 158 valence electrons. The minimum Gasteiger partial charge on any atom is -0.376 e. The van der Waals surface area contributed by atoms with Gasteiger partial charge in [0.2, 0.25) is 0 Å². The van der Waals surface area contributed by atoms with Gasteiger partial charge in [-0.2, -0.15) is 0 Å². The van der Waals surface area contributed by atoms with Gasteiger partial charge in [-0.15, -0.1) is 34.2 Å². The molecule has 2 aliphatic rings. The Bertz CT molecular complexity index is 794. The fourth-order valence-electron chi connectivity index (χ4n) is 4.07. The van der Waals surface area contributed by atoms with Crippen LogP contribution in [0, 0.1) is 5.92 Å². The minimum absolute atomic E-state index is 0. The number of halogens is 1. The predicted molar refractivity (Wildman–Crippen MR) is 124 cm³/mol. The first-order valence-electron chi connectivity index (χ1n) is 10.3. The maximum Gasteiger partial charge on any atom is 0.194 e. The molecule has 0 amide bonds. The average molecular weight is 510 g/mol. The lowest BCUT2D eigenvalue weighted by Gasteiger charge is -2.22. The molecule has 2 aliphatic heterocycles. The quantitative estimate of drug-likeness (QED) is 0.368. The van der Waals surface area contributed by atoms with Gasteiger partial charge in [-0.25, -0.2) is 0 Å². The van der Waals surface area contributed by atoms with Gasteiger partial charge in [0.05, 0.1) is 19.8 Å². The molecule has 1 fully saturated rings. The van der Waals surface area contributed by atoms with E-state index >= 15 is 0 Å². The largest absolute Gasteiger partial charge is 0.376 e. The van der Waals surface area contributed by atoms with Gasteiger partial charge in [0, 0.05) is 39.0 Å². The Balaban J connectivity index is 0.00000240. The molecule has 1 saturated heterocycles. The number of nitrogens with one attached hydrogen (secondary N) is 1. The molecule has 1 atom stereocenters.